The number of fused-ring (bicyclic) bond motifs is 1. The van der Waals surface area contributed by atoms with Gasteiger partial charge < -0.3 is 19.9 Å². The van der Waals surface area contributed by atoms with Gasteiger partial charge in [0, 0.05) is 44.0 Å². The summed E-state index contributed by atoms with van der Waals surface area (Å²) < 4.78 is 43.8. The van der Waals surface area contributed by atoms with Crippen LogP contribution in [0.25, 0.3) is 0 Å². The van der Waals surface area contributed by atoms with Crippen LogP contribution in [0.3, 0.4) is 0 Å². The summed E-state index contributed by atoms with van der Waals surface area (Å²) >= 11 is 0. The number of piperazine rings is 1. The number of carbonyl (C=O) groups is 2. The van der Waals surface area contributed by atoms with E-state index in [0.717, 1.165) is 23.4 Å². The Kier molecular flexibility index (Phi) is 5.75. The van der Waals surface area contributed by atoms with Crippen LogP contribution in [-0.4, -0.2) is 49.5 Å². The predicted molar refractivity (Wildman–Crippen MR) is 109 cm³/mol. The molecule has 2 amide bonds. The van der Waals surface area contributed by atoms with Gasteiger partial charge in [-0.05, 0) is 54.4 Å². The molecule has 0 spiro atoms. The van der Waals surface area contributed by atoms with E-state index in [2.05, 4.69) is 5.32 Å². The topological polar surface area (TPSA) is 61.9 Å². The number of anilines is 2. The molecule has 0 aromatic heterocycles. The van der Waals surface area contributed by atoms with E-state index < -0.39 is 11.7 Å². The molecule has 2 aliphatic rings. The van der Waals surface area contributed by atoms with E-state index in [4.69, 9.17) is 4.74 Å². The summed E-state index contributed by atoms with van der Waals surface area (Å²) in [5.74, 6) is 0.427. The number of carbonyl (C=O) groups excluding carboxylic acids is 2. The van der Waals surface area contributed by atoms with E-state index in [-0.39, 0.29) is 18.4 Å². The van der Waals surface area contributed by atoms with Gasteiger partial charge in [-0.3, -0.25) is 9.59 Å². The molecule has 6 nitrogen and oxygen atoms in total. The van der Waals surface area contributed by atoms with E-state index in [1.807, 2.05) is 11.0 Å². The molecular weight excluding hydrogens is 411 g/mol. The second kappa shape index (κ2) is 8.49. The average molecular weight is 433 g/mol. The van der Waals surface area contributed by atoms with Gasteiger partial charge in [0.05, 0.1) is 5.56 Å². The van der Waals surface area contributed by atoms with E-state index in [1.54, 1.807) is 17.0 Å². The Morgan fingerprint density at radius 3 is 2.39 bits per heavy atom. The van der Waals surface area contributed by atoms with E-state index in [1.165, 1.54) is 12.1 Å². The zero-order valence-corrected chi connectivity index (χ0v) is 16.7. The number of benzene rings is 2. The molecule has 0 bridgehead atoms. The Labute approximate surface area is 177 Å². The summed E-state index contributed by atoms with van der Waals surface area (Å²) in [7, 11) is 0. The molecule has 1 saturated heterocycles. The van der Waals surface area contributed by atoms with Crippen LogP contribution in [0.4, 0.5) is 24.5 Å². The summed E-state index contributed by atoms with van der Waals surface area (Å²) in [6.45, 7) is 1.93. The first-order valence-corrected chi connectivity index (χ1v) is 10.1. The Morgan fingerprint density at radius 2 is 1.71 bits per heavy atom. The molecule has 0 atom stereocenters. The van der Waals surface area contributed by atoms with Gasteiger partial charge in [0.1, 0.15) is 5.75 Å². The molecule has 0 unspecified atom stereocenters. The Bertz CT molecular complexity index is 968. The van der Waals surface area contributed by atoms with Crippen LogP contribution in [0.15, 0.2) is 42.5 Å². The normalized spacial score (nSPS) is 16.5. The standard InChI is InChI=1S/C22H22F3N3O3/c23-22(24,25)16-2-4-17(5-3-16)27-9-11-28(12-10-27)21(30)14-31-18-6-7-19-15(13-18)1-8-20(29)26-19/h2-7,13H,1,8-12,14H2,(H,26,29). The largest absolute Gasteiger partial charge is 0.484 e. The summed E-state index contributed by atoms with van der Waals surface area (Å²) in [6, 6.07) is 10.4. The Balaban J connectivity index is 1.27. The number of aryl methyl sites for hydroxylation is 1. The molecule has 0 radical (unpaired) electrons. The number of amides is 2. The van der Waals surface area contributed by atoms with Gasteiger partial charge in [0.2, 0.25) is 5.91 Å². The highest BCUT2D eigenvalue weighted by Crippen LogP contribution is 2.31. The second-order valence-electron chi connectivity index (χ2n) is 7.57. The number of nitrogens with zero attached hydrogens (tertiary/aromatic N) is 2. The van der Waals surface area contributed by atoms with Crippen LogP contribution < -0.4 is 15.0 Å². The zero-order valence-electron chi connectivity index (χ0n) is 16.7. The third kappa shape index (κ3) is 4.92. The fourth-order valence-corrected chi connectivity index (χ4v) is 3.76. The van der Waals surface area contributed by atoms with Gasteiger partial charge in [-0.15, -0.1) is 0 Å². The molecule has 1 fully saturated rings. The van der Waals surface area contributed by atoms with Crippen molar-refractivity contribution in [1.82, 2.24) is 4.90 Å². The number of ether oxygens (including phenoxy) is 1. The van der Waals surface area contributed by atoms with Crippen molar-refractivity contribution in [1.29, 1.82) is 0 Å². The van der Waals surface area contributed by atoms with Crippen molar-refractivity contribution in [3.63, 3.8) is 0 Å². The van der Waals surface area contributed by atoms with Crippen LogP contribution in [0.2, 0.25) is 0 Å². The van der Waals surface area contributed by atoms with Crippen LogP contribution in [0, 0.1) is 0 Å². The molecule has 1 N–H and O–H groups in total. The van der Waals surface area contributed by atoms with E-state index >= 15 is 0 Å². The SMILES string of the molecule is O=C1CCc2cc(OCC(=O)N3CCN(c4ccc(C(F)(F)F)cc4)CC3)ccc2N1. The quantitative estimate of drug-likeness (QED) is 0.804. The maximum atomic E-state index is 12.7. The van der Waals surface area contributed by atoms with Crippen LogP contribution in [-0.2, 0) is 22.2 Å². The van der Waals surface area contributed by atoms with Gasteiger partial charge in [-0.1, -0.05) is 0 Å². The summed E-state index contributed by atoms with van der Waals surface area (Å²) in [6.07, 6.45) is -3.29. The Hall–Kier alpha value is -3.23. The highest BCUT2D eigenvalue weighted by molar-refractivity contribution is 5.94. The first kappa shape index (κ1) is 21.0. The molecule has 164 valence electrons. The molecule has 2 aromatic rings. The summed E-state index contributed by atoms with van der Waals surface area (Å²) in [4.78, 5) is 27.6. The molecule has 2 aromatic carbocycles. The fraction of sp³-hybridized carbons (Fsp3) is 0.364. The molecular formula is C22H22F3N3O3. The van der Waals surface area contributed by atoms with E-state index in [0.29, 0.717) is 50.5 Å². The molecule has 9 heteroatoms. The molecule has 0 aliphatic carbocycles. The van der Waals surface area contributed by atoms with Gasteiger partial charge >= 0.3 is 6.18 Å². The average Bonchev–Trinajstić information content (AvgIpc) is 2.77. The third-order valence-electron chi connectivity index (χ3n) is 5.53. The minimum absolute atomic E-state index is 0.00761. The number of alkyl halides is 3. The molecule has 4 rings (SSSR count). The van der Waals surface area contributed by atoms with Crippen molar-refractivity contribution in [2.45, 2.75) is 19.0 Å². The third-order valence-corrected chi connectivity index (χ3v) is 5.53. The lowest BCUT2D eigenvalue weighted by Gasteiger charge is -2.36. The lowest BCUT2D eigenvalue weighted by molar-refractivity contribution is -0.137. The minimum atomic E-state index is -4.35. The summed E-state index contributed by atoms with van der Waals surface area (Å²) in [5.41, 5.74) is 1.79. The van der Waals surface area contributed by atoms with Crippen molar-refractivity contribution in [2.75, 3.05) is 43.0 Å². The maximum Gasteiger partial charge on any atom is 0.416 e. The molecule has 2 aliphatic heterocycles. The van der Waals surface area contributed by atoms with Crippen LogP contribution in [0.5, 0.6) is 5.75 Å². The number of nitrogens with one attached hydrogen (secondary N) is 1. The van der Waals surface area contributed by atoms with Gasteiger partial charge in [-0.25, -0.2) is 0 Å². The van der Waals surface area contributed by atoms with Crippen molar-refractivity contribution >= 4 is 23.2 Å². The van der Waals surface area contributed by atoms with Crippen molar-refractivity contribution in [3.8, 4) is 5.75 Å². The minimum Gasteiger partial charge on any atom is -0.484 e. The highest BCUT2D eigenvalue weighted by atomic mass is 19.4. The van der Waals surface area contributed by atoms with Gasteiger partial charge in [-0.2, -0.15) is 13.2 Å². The van der Waals surface area contributed by atoms with Crippen LogP contribution >= 0.6 is 0 Å². The number of hydrogen-bond donors (Lipinski definition) is 1. The van der Waals surface area contributed by atoms with Crippen LogP contribution in [0.1, 0.15) is 17.5 Å². The lowest BCUT2D eigenvalue weighted by atomic mass is 10.0. The maximum absolute atomic E-state index is 12.7. The van der Waals surface area contributed by atoms with Crippen molar-refractivity contribution in [2.24, 2.45) is 0 Å². The first-order chi connectivity index (χ1) is 14.8. The monoisotopic (exact) mass is 433 g/mol. The van der Waals surface area contributed by atoms with Crippen molar-refractivity contribution in [3.05, 3.63) is 53.6 Å². The number of rotatable bonds is 4. The number of halogens is 3. The second-order valence-corrected chi connectivity index (χ2v) is 7.57. The highest BCUT2D eigenvalue weighted by Gasteiger charge is 2.30. The van der Waals surface area contributed by atoms with Gasteiger partial charge in [0.25, 0.3) is 5.91 Å². The molecule has 2 heterocycles. The van der Waals surface area contributed by atoms with Crippen molar-refractivity contribution < 1.29 is 27.5 Å². The smallest absolute Gasteiger partial charge is 0.416 e. The fourth-order valence-electron chi connectivity index (χ4n) is 3.76. The van der Waals surface area contributed by atoms with Gasteiger partial charge in [0.15, 0.2) is 6.61 Å². The predicted octanol–water partition coefficient (Wildman–Crippen LogP) is 3.32. The number of hydrogen-bond acceptors (Lipinski definition) is 4. The zero-order chi connectivity index (χ0) is 22.0. The first-order valence-electron chi connectivity index (χ1n) is 10.1. The molecule has 0 saturated carbocycles. The molecule has 31 heavy (non-hydrogen) atoms. The Morgan fingerprint density at radius 1 is 1.00 bits per heavy atom. The summed E-state index contributed by atoms with van der Waals surface area (Å²) in [5, 5.41) is 2.80. The lowest BCUT2D eigenvalue weighted by Crippen LogP contribution is -2.50. The van der Waals surface area contributed by atoms with E-state index in [9.17, 15) is 22.8 Å².